The molecule has 3 aliphatic rings. The molecular weight excluding hydrogens is 299 g/mol. The van der Waals surface area contributed by atoms with E-state index in [0.29, 0.717) is 18.2 Å². The molecule has 6 heteroatoms. The Balaban J connectivity index is 1.57. The minimum absolute atomic E-state index is 0.168. The van der Waals surface area contributed by atoms with Crippen molar-refractivity contribution in [2.75, 3.05) is 19.8 Å². The second kappa shape index (κ2) is 5.54. The number of nitrogens with one attached hydrogen (secondary N) is 1. The van der Waals surface area contributed by atoms with Crippen LogP contribution in [0.15, 0.2) is 12.1 Å². The lowest BCUT2D eigenvalue weighted by Crippen LogP contribution is -2.56. The third-order valence-electron chi connectivity index (χ3n) is 5.88. The molecule has 1 saturated heterocycles. The normalized spacial score (nSPS) is 30.1. The minimum Gasteiger partial charge on any atom is -0.381 e. The van der Waals surface area contributed by atoms with Crippen molar-refractivity contribution < 1.29 is 19.1 Å². The average Bonchev–Trinajstić information content (AvgIpc) is 3.05. The van der Waals surface area contributed by atoms with Crippen LogP contribution in [0.2, 0.25) is 0 Å². The van der Waals surface area contributed by atoms with Crippen molar-refractivity contribution in [2.45, 2.75) is 38.3 Å². The van der Waals surface area contributed by atoms with Gasteiger partial charge in [0.1, 0.15) is 5.82 Å². The lowest BCUT2D eigenvalue weighted by atomic mass is 9.63. The van der Waals surface area contributed by atoms with Crippen LogP contribution in [-0.4, -0.2) is 41.8 Å². The van der Waals surface area contributed by atoms with E-state index in [1.54, 1.807) is 11.5 Å². The summed E-state index contributed by atoms with van der Waals surface area (Å²) < 4.78 is 20.0. The fourth-order valence-electron chi connectivity index (χ4n) is 4.44. The second-order valence-corrected chi connectivity index (χ2v) is 6.98. The predicted octanol–water partition coefficient (Wildman–Crippen LogP) is 1.87. The Labute approximate surface area is 134 Å². The summed E-state index contributed by atoms with van der Waals surface area (Å²) in [5.41, 5.74) is 3.57. The SMILES string of the molecule is O=C(NO)c1cc(F)c2c(c1)CCN([C@H]1CC[C@@]13CCOC3)C2. The Kier molecular flexibility index (Phi) is 3.63. The van der Waals surface area contributed by atoms with Crippen LogP contribution < -0.4 is 5.48 Å². The molecule has 0 unspecified atom stereocenters. The molecule has 2 heterocycles. The van der Waals surface area contributed by atoms with Gasteiger partial charge in [-0.2, -0.15) is 0 Å². The smallest absolute Gasteiger partial charge is 0.274 e. The van der Waals surface area contributed by atoms with E-state index < -0.39 is 5.91 Å². The van der Waals surface area contributed by atoms with E-state index >= 15 is 0 Å². The van der Waals surface area contributed by atoms with Crippen molar-refractivity contribution in [3.8, 4) is 0 Å². The van der Waals surface area contributed by atoms with Crippen molar-refractivity contribution in [1.82, 2.24) is 10.4 Å². The van der Waals surface area contributed by atoms with Crippen LogP contribution in [0.25, 0.3) is 0 Å². The summed E-state index contributed by atoms with van der Waals surface area (Å²) in [5, 5.41) is 8.71. The maximum Gasteiger partial charge on any atom is 0.274 e. The zero-order valence-electron chi connectivity index (χ0n) is 13.0. The van der Waals surface area contributed by atoms with Crippen LogP contribution in [0.3, 0.4) is 0 Å². The van der Waals surface area contributed by atoms with Gasteiger partial charge in [-0.3, -0.25) is 14.9 Å². The van der Waals surface area contributed by atoms with Crippen molar-refractivity contribution in [2.24, 2.45) is 5.41 Å². The number of hydroxylamine groups is 1. The Hall–Kier alpha value is -1.50. The van der Waals surface area contributed by atoms with Crippen LogP contribution in [-0.2, 0) is 17.7 Å². The van der Waals surface area contributed by atoms with Crippen molar-refractivity contribution in [3.63, 3.8) is 0 Å². The summed E-state index contributed by atoms with van der Waals surface area (Å²) in [7, 11) is 0. The van der Waals surface area contributed by atoms with Gasteiger partial charge in [-0.25, -0.2) is 9.87 Å². The summed E-state index contributed by atoms with van der Waals surface area (Å²) in [6.45, 7) is 3.14. The van der Waals surface area contributed by atoms with Gasteiger partial charge in [0.2, 0.25) is 0 Å². The first-order valence-electron chi connectivity index (χ1n) is 8.20. The molecule has 2 aliphatic heterocycles. The van der Waals surface area contributed by atoms with Crippen LogP contribution in [0, 0.1) is 11.2 Å². The molecular formula is C17H21FN2O3. The van der Waals surface area contributed by atoms with Crippen molar-refractivity contribution in [3.05, 3.63) is 34.6 Å². The van der Waals surface area contributed by atoms with E-state index in [2.05, 4.69) is 4.90 Å². The van der Waals surface area contributed by atoms with Crippen LogP contribution >= 0.6 is 0 Å². The first-order valence-corrected chi connectivity index (χ1v) is 8.20. The maximum atomic E-state index is 14.4. The highest BCUT2D eigenvalue weighted by Crippen LogP contribution is 2.50. The molecule has 0 bridgehead atoms. The fraction of sp³-hybridized carbons (Fsp3) is 0.588. The van der Waals surface area contributed by atoms with Gasteiger partial charge in [0.15, 0.2) is 0 Å². The van der Waals surface area contributed by atoms with E-state index in [-0.39, 0.29) is 16.8 Å². The van der Waals surface area contributed by atoms with Crippen LogP contribution in [0.1, 0.15) is 40.7 Å². The molecule has 1 aromatic carbocycles. The number of carbonyl (C=O) groups is 1. The van der Waals surface area contributed by atoms with Crippen molar-refractivity contribution >= 4 is 5.91 Å². The number of hydrogen-bond acceptors (Lipinski definition) is 4. The van der Waals surface area contributed by atoms with Gasteiger partial charge in [0.05, 0.1) is 6.61 Å². The molecule has 1 amide bonds. The zero-order valence-corrected chi connectivity index (χ0v) is 13.0. The molecule has 2 atom stereocenters. The highest BCUT2D eigenvalue weighted by atomic mass is 19.1. The Morgan fingerprint density at radius 1 is 1.43 bits per heavy atom. The van der Waals surface area contributed by atoms with E-state index in [1.807, 2.05) is 0 Å². The van der Waals surface area contributed by atoms with E-state index in [9.17, 15) is 9.18 Å². The van der Waals surface area contributed by atoms with E-state index in [4.69, 9.17) is 9.94 Å². The predicted molar refractivity (Wildman–Crippen MR) is 80.7 cm³/mol. The fourth-order valence-corrected chi connectivity index (χ4v) is 4.44. The Bertz CT molecular complexity index is 643. The molecule has 1 aromatic rings. The maximum absolute atomic E-state index is 14.4. The van der Waals surface area contributed by atoms with Gasteiger partial charge in [-0.1, -0.05) is 0 Å². The lowest BCUT2D eigenvalue weighted by molar-refractivity contribution is -0.0391. The molecule has 1 aliphatic carbocycles. The van der Waals surface area contributed by atoms with Gasteiger partial charge >= 0.3 is 0 Å². The van der Waals surface area contributed by atoms with Gasteiger partial charge in [0.25, 0.3) is 5.91 Å². The molecule has 2 N–H and O–H groups in total. The number of carbonyl (C=O) groups excluding carboxylic acids is 1. The number of halogens is 1. The largest absolute Gasteiger partial charge is 0.381 e. The van der Waals surface area contributed by atoms with Crippen LogP contribution in [0.5, 0.6) is 0 Å². The monoisotopic (exact) mass is 320 g/mol. The standard InChI is InChI=1S/C17H21FN2O3/c18-14-8-12(16(21)19-22)7-11-2-5-20(9-13(11)14)15-1-3-17(15)4-6-23-10-17/h7-8,15,22H,1-6,9-10H2,(H,19,21)/t15-,17-/m0/s1. The quantitative estimate of drug-likeness (QED) is 0.645. The highest BCUT2D eigenvalue weighted by Gasteiger charge is 2.51. The Morgan fingerprint density at radius 3 is 2.96 bits per heavy atom. The summed E-state index contributed by atoms with van der Waals surface area (Å²) in [5.74, 6) is -1.03. The summed E-state index contributed by atoms with van der Waals surface area (Å²) in [4.78, 5) is 13.9. The molecule has 1 saturated carbocycles. The first kappa shape index (κ1) is 15.1. The van der Waals surface area contributed by atoms with E-state index in [1.165, 1.54) is 12.5 Å². The number of fused-ring (bicyclic) bond motifs is 1. The van der Waals surface area contributed by atoms with E-state index in [0.717, 1.165) is 44.6 Å². The summed E-state index contributed by atoms with van der Waals surface area (Å²) >= 11 is 0. The van der Waals surface area contributed by atoms with Crippen LogP contribution in [0.4, 0.5) is 4.39 Å². The third-order valence-corrected chi connectivity index (χ3v) is 5.88. The second-order valence-electron chi connectivity index (χ2n) is 6.98. The molecule has 5 nitrogen and oxygen atoms in total. The molecule has 23 heavy (non-hydrogen) atoms. The summed E-state index contributed by atoms with van der Waals surface area (Å²) in [6.07, 6.45) is 4.20. The topological polar surface area (TPSA) is 61.8 Å². The van der Waals surface area contributed by atoms with Gasteiger partial charge in [-0.15, -0.1) is 0 Å². The number of benzene rings is 1. The molecule has 2 fully saturated rings. The lowest BCUT2D eigenvalue weighted by Gasteiger charge is -2.53. The molecule has 0 radical (unpaired) electrons. The number of rotatable bonds is 2. The van der Waals surface area contributed by atoms with Gasteiger partial charge in [-0.05, 0) is 43.4 Å². The summed E-state index contributed by atoms with van der Waals surface area (Å²) in [6, 6.07) is 3.39. The number of nitrogens with zero attached hydrogens (tertiary/aromatic N) is 1. The van der Waals surface area contributed by atoms with Gasteiger partial charge < -0.3 is 4.74 Å². The highest BCUT2D eigenvalue weighted by molar-refractivity contribution is 5.93. The van der Waals surface area contributed by atoms with Gasteiger partial charge in [0, 0.05) is 42.3 Å². The minimum atomic E-state index is -0.671. The number of ether oxygens (including phenoxy) is 1. The average molecular weight is 320 g/mol. The first-order chi connectivity index (χ1) is 11.1. The zero-order chi connectivity index (χ0) is 16.0. The van der Waals surface area contributed by atoms with Crippen molar-refractivity contribution in [1.29, 1.82) is 0 Å². The molecule has 4 rings (SSSR count). The third kappa shape index (κ3) is 2.36. The molecule has 124 valence electrons. The number of amides is 1. The molecule has 0 aromatic heterocycles. The Morgan fingerprint density at radius 2 is 2.30 bits per heavy atom. The number of hydrogen-bond donors (Lipinski definition) is 2. The molecule has 1 spiro atoms.